The molecule has 102 valence electrons. The lowest BCUT2D eigenvalue weighted by Crippen LogP contribution is -2.42. The van der Waals surface area contributed by atoms with Gasteiger partial charge >= 0.3 is 5.97 Å². The highest BCUT2D eigenvalue weighted by molar-refractivity contribution is 5.87. The van der Waals surface area contributed by atoms with Gasteiger partial charge in [0, 0.05) is 5.92 Å². The summed E-state index contributed by atoms with van der Waals surface area (Å²) in [6.45, 7) is 3.87. The minimum atomic E-state index is -0.926. The minimum Gasteiger partial charge on any atom is -0.480 e. The van der Waals surface area contributed by atoms with Gasteiger partial charge in [-0.1, -0.05) is 13.3 Å². The Morgan fingerprint density at radius 1 is 1.44 bits per heavy atom. The number of nitrogens with one attached hydrogen (secondary N) is 2. The van der Waals surface area contributed by atoms with E-state index in [1.807, 2.05) is 6.92 Å². The summed E-state index contributed by atoms with van der Waals surface area (Å²) < 4.78 is 0. The number of hydrogen-bond acceptors (Lipinski definition) is 3. The molecular weight excluding hydrogens is 232 g/mol. The van der Waals surface area contributed by atoms with E-state index in [-0.39, 0.29) is 17.2 Å². The Kier molecular flexibility index (Phi) is 3.90. The van der Waals surface area contributed by atoms with E-state index in [1.54, 1.807) is 0 Å². The van der Waals surface area contributed by atoms with Crippen LogP contribution >= 0.6 is 0 Å². The van der Waals surface area contributed by atoms with Gasteiger partial charge in [0.1, 0.15) is 6.04 Å². The number of carboxylic acid groups (broad SMARTS) is 1. The zero-order valence-electron chi connectivity index (χ0n) is 10.9. The molecule has 5 heteroatoms. The Morgan fingerprint density at radius 3 is 2.67 bits per heavy atom. The monoisotopic (exact) mass is 254 g/mol. The average Bonchev–Trinajstić information content (AvgIpc) is 3.03. The minimum absolute atomic E-state index is 0.0401. The average molecular weight is 254 g/mol. The molecule has 1 saturated carbocycles. The smallest absolute Gasteiger partial charge is 0.326 e. The van der Waals surface area contributed by atoms with E-state index in [0.29, 0.717) is 6.42 Å². The molecule has 1 saturated heterocycles. The molecule has 2 aliphatic rings. The molecule has 0 radical (unpaired) electrons. The highest BCUT2D eigenvalue weighted by Gasteiger charge is 2.57. The van der Waals surface area contributed by atoms with Crippen LogP contribution < -0.4 is 10.6 Å². The maximum Gasteiger partial charge on any atom is 0.326 e. The lowest BCUT2D eigenvalue weighted by Gasteiger charge is -2.23. The normalized spacial score (nSPS) is 26.6. The molecule has 0 bridgehead atoms. The van der Waals surface area contributed by atoms with Crippen molar-refractivity contribution in [2.45, 2.75) is 45.1 Å². The Balaban J connectivity index is 1.87. The third kappa shape index (κ3) is 2.66. The number of carbonyl (C=O) groups is 2. The molecule has 0 aromatic rings. The molecule has 2 fully saturated rings. The van der Waals surface area contributed by atoms with Crippen molar-refractivity contribution in [1.29, 1.82) is 0 Å². The summed E-state index contributed by atoms with van der Waals surface area (Å²) in [5, 5.41) is 15.0. The van der Waals surface area contributed by atoms with Crippen molar-refractivity contribution in [3.63, 3.8) is 0 Å². The van der Waals surface area contributed by atoms with Gasteiger partial charge in [-0.3, -0.25) is 4.79 Å². The molecule has 18 heavy (non-hydrogen) atoms. The third-order valence-electron chi connectivity index (χ3n) is 4.30. The fourth-order valence-corrected chi connectivity index (χ4v) is 3.01. The van der Waals surface area contributed by atoms with Gasteiger partial charge in [-0.15, -0.1) is 0 Å². The van der Waals surface area contributed by atoms with Crippen LogP contribution in [-0.2, 0) is 9.59 Å². The first-order valence-corrected chi connectivity index (χ1v) is 6.83. The first-order valence-electron chi connectivity index (χ1n) is 6.83. The summed E-state index contributed by atoms with van der Waals surface area (Å²) in [6.07, 6.45) is 4.27. The quantitative estimate of drug-likeness (QED) is 0.676. The molecule has 1 aliphatic heterocycles. The van der Waals surface area contributed by atoms with Gasteiger partial charge in [0.25, 0.3) is 0 Å². The lowest BCUT2D eigenvalue weighted by atomic mass is 9.91. The topological polar surface area (TPSA) is 78.4 Å². The highest BCUT2D eigenvalue weighted by Crippen LogP contribution is 2.58. The van der Waals surface area contributed by atoms with E-state index in [1.165, 1.54) is 0 Å². The molecular formula is C13H22N2O3. The van der Waals surface area contributed by atoms with E-state index in [4.69, 9.17) is 5.11 Å². The maximum absolute atomic E-state index is 12.1. The zero-order chi connectivity index (χ0) is 13.2. The summed E-state index contributed by atoms with van der Waals surface area (Å²) in [5.41, 5.74) is 0.171. The number of hydrogen-bond donors (Lipinski definition) is 3. The zero-order valence-corrected chi connectivity index (χ0v) is 10.9. The molecule has 3 N–H and O–H groups in total. The van der Waals surface area contributed by atoms with Gasteiger partial charge in [0.05, 0.1) is 0 Å². The first kappa shape index (κ1) is 13.3. The van der Waals surface area contributed by atoms with E-state index in [0.717, 1.165) is 38.8 Å². The molecule has 1 unspecified atom stereocenters. The Labute approximate surface area is 107 Å². The van der Waals surface area contributed by atoms with Crippen molar-refractivity contribution >= 4 is 11.9 Å². The van der Waals surface area contributed by atoms with Crippen molar-refractivity contribution in [2.24, 2.45) is 11.3 Å². The fraction of sp³-hybridized carbons (Fsp3) is 0.846. The Hall–Kier alpha value is -1.10. The second-order valence-corrected chi connectivity index (χ2v) is 5.56. The van der Waals surface area contributed by atoms with E-state index >= 15 is 0 Å². The van der Waals surface area contributed by atoms with Crippen LogP contribution in [0.5, 0.6) is 0 Å². The van der Waals surface area contributed by atoms with Crippen LogP contribution in [0.15, 0.2) is 0 Å². The summed E-state index contributed by atoms with van der Waals surface area (Å²) in [6, 6.07) is -0.720. The van der Waals surface area contributed by atoms with E-state index in [2.05, 4.69) is 10.6 Å². The number of aliphatic carboxylic acids is 1. The number of amides is 1. The highest BCUT2D eigenvalue weighted by atomic mass is 16.4. The molecule has 5 nitrogen and oxygen atoms in total. The van der Waals surface area contributed by atoms with E-state index < -0.39 is 12.0 Å². The second-order valence-electron chi connectivity index (χ2n) is 5.56. The van der Waals surface area contributed by atoms with Crippen LogP contribution in [0.25, 0.3) is 0 Å². The van der Waals surface area contributed by atoms with Crippen molar-refractivity contribution in [1.82, 2.24) is 10.6 Å². The predicted octanol–water partition coefficient (Wildman–Crippen LogP) is 0.746. The van der Waals surface area contributed by atoms with Gasteiger partial charge in [-0.25, -0.2) is 4.79 Å². The van der Waals surface area contributed by atoms with Gasteiger partial charge in [-0.2, -0.15) is 0 Å². The second kappa shape index (κ2) is 5.26. The van der Waals surface area contributed by atoms with Gasteiger partial charge < -0.3 is 15.7 Å². The molecule has 1 heterocycles. The van der Waals surface area contributed by atoms with Crippen LogP contribution in [-0.4, -0.2) is 36.1 Å². The van der Waals surface area contributed by atoms with Crippen LogP contribution in [0.4, 0.5) is 0 Å². The number of rotatable bonds is 5. The Morgan fingerprint density at radius 2 is 2.11 bits per heavy atom. The van der Waals surface area contributed by atoms with Crippen molar-refractivity contribution in [3.8, 4) is 0 Å². The first-order chi connectivity index (χ1) is 8.59. The molecule has 2 rings (SSSR count). The standard InChI is InChI=1S/C13H22N2O3/c1-2-3-10(12(17)18)15-11(16)9-8-13(9)4-6-14-7-5-13/h9-10,14H,2-8H2,1H3,(H,15,16)(H,17,18)/t9?,10-/m0/s1. The lowest BCUT2D eigenvalue weighted by molar-refractivity contribution is -0.142. The third-order valence-corrected chi connectivity index (χ3v) is 4.30. The van der Waals surface area contributed by atoms with Gasteiger partial charge in [0.15, 0.2) is 0 Å². The molecule has 1 spiro atoms. The number of carbonyl (C=O) groups excluding carboxylic acids is 1. The maximum atomic E-state index is 12.1. The largest absolute Gasteiger partial charge is 0.480 e. The predicted molar refractivity (Wildman–Crippen MR) is 67.1 cm³/mol. The van der Waals surface area contributed by atoms with Crippen LogP contribution in [0.2, 0.25) is 0 Å². The number of piperidine rings is 1. The molecule has 1 aliphatic carbocycles. The van der Waals surface area contributed by atoms with Crippen molar-refractivity contribution in [3.05, 3.63) is 0 Å². The summed E-state index contributed by atoms with van der Waals surface area (Å²) >= 11 is 0. The van der Waals surface area contributed by atoms with E-state index in [9.17, 15) is 9.59 Å². The van der Waals surface area contributed by atoms with Crippen molar-refractivity contribution < 1.29 is 14.7 Å². The van der Waals surface area contributed by atoms with Crippen LogP contribution in [0.3, 0.4) is 0 Å². The van der Waals surface area contributed by atoms with Crippen molar-refractivity contribution in [2.75, 3.05) is 13.1 Å². The summed E-state index contributed by atoms with van der Waals surface area (Å²) in [4.78, 5) is 23.1. The molecule has 2 atom stereocenters. The molecule has 1 amide bonds. The Bertz CT molecular complexity index is 337. The fourth-order valence-electron chi connectivity index (χ4n) is 3.01. The SMILES string of the molecule is CCC[C@H](NC(=O)C1CC12CCNCC2)C(=O)O. The number of carboxylic acids is 1. The molecule has 0 aromatic heterocycles. The van der Waals surface area contributed by atoms with Gasteiger partial charge in [-0.05, 0) is 44.2 Å². The summed E-state index contributed by atoms with van der Waals surface area (Å²) in [5.74, 6) is -0.943. The summed E-state index contributed by atoms with van der Waals surface area (Å²) in [7, 11) is 0. The van der Waals surface area contributed by atoms with Gasteiger partial charge in [0.2, 0.25) is 5.91 Å². The molecule has 0 aromatic carbocycles. The van der Waals surface area contributed by atoms with Crippen LogP contribution in [0.1, 0.15) is 39.0 Å². The van der Waals surface area contributed by atoms with Crippen LogP contribution in [0, 0.1) is 11.3 Å².